The average molecular weight is 490 g/mol. The Morgan fingerprint density at radius 3 is 2.60 bits per heavy atom. The number of thiophene rings is 1. The molecule has 0 aliphatic carbocycles. The number of hydrogen-bond donors (Lipinski definition) is 3. The number of anilines is 2. The van der Waals surface area contributed by atoms with Crippen LogP contribution in [0, 0.1) is 12.7 Å². The highest BCUT2D eigenvalue weighted by molar-refractivity contribution is 7.09. The topological polar surface area (TPSA) is 78.9 Å². The molecule has 0 fully saturated rings. The number of benzene rings is 2. The summed E-state index contributed by atoms with van der Waals surface area (Å²) in [6.07, 6.45) is 1.36. The van der Waals surface area contributed by atoms with E-state index in [0.29, 0.717) is 30.3 Å². The molecule has 1 atom stereocenters. The third-order valence-corrected chi connectivity index (χ3v) is 6.30. The average Bonchev–Trinajstić information content (AvgIpc) is 3.36. The van der Waals surface area contributed by atoms with Gasteiger partial charge in [-0.1, -0.05) is 48.5 Å². The van der Waals surface area contributed by atoms with E-state index in [9.17, 15) is 9.18 Å². The molecule has 0 aliphatic heterocycles. The SMILES string of the molecule is Cc1cc(N[C@@H](Cc2ccccc2)C(=O)NCc2cccc(F)c2)nc(NCCc2cccs2)n1. The second kappa shape index (κ2) is 12.1. The van der Waals surface area contributed by atoms with Gasteiger partial charge < -0.3 is 16.0 Å². The van der Waals surface area contributed by atoms with Gasteiger partial charge in [0.15, 0.2) is 0 Å². The molecule has 0 bridgehead atoms. The van der Waals surface area contributed by atoms with E-state index in [-0.39, 0.29) is 18.3 Å². The molecule has 0 aliphatic rings. The number of aryl methyl sites for hydroxylation is 1. The first-order valence-corrected chi connectivity index (χ1v) is 12.4. The molecule has 8 heteroatoms. The van der Waals surface area contributed by atoms with Crippen LogP contribution >= 0.6 is 11.3 Å². The third kappa shape index (κ3) is 7.61. The lowest BCUT2D eigenvalue weighted by Crippen LogP contribution is -2.41. The number of amides is 1. The lowest BCUT2D eigenvalue weighted by Gasteiger charge is -2.20. The molecule has 1 amide bonds. The minimum Gasteiger partial charge on any atom is -0.358 e. The van der Waals surface area contributed by atoms with Crippen LogP contribution < -0.4 is 16.0 Å². The van der Waals surface area contributed by atoms with E-state index < -0.39 is 6.04 Å². The van der Waals surface area contributed by atoms with Crippen LogP contribution in [0.3, 0.4) is 0 Å². The van der Waals surface area contributed by atoms with Crippen molar-refractivity contribution in [2.45, 2.75) is 32.4 Å². The summed E-state index contributed by atoms with van der Waals surface area (Å²) < 4.78 is 13.5. The summed E-state index contributed by atoms with van der Waals surface area (Å²) in [6.45, 7) is 2.85. The van der Waals surface area contributed by atoms with Crippen molar-refractivity contribution < 1.29 is 9.18 Å². The zero-order chi connectivity index (χ0) is 24.5. The molecule has 4 rings (SSSR count). The minimum atomic E-state index is -0.570. The predicted octanol–water partition coefficient (Wildman–Crippen LogP) is 4.98. The molecular weight excluding hydrogens is 461 g/mol. The molecule has 2 heterocycles. The maximum Gasteiger partial charge on any atom is 0.243 e. The van der Waals surface area contributed by atoms with Crippen molar-refractivity contribution >= 4 is 29.0 Å². The molecule has 6 nitrogen and oxygen atoms in total. The molecule has 3 N–H and O–H groups in total. The normalized spacial score (nSPS) is 11.6. The van der Waals surface area contributed by atoms with E-state index in [1.807, 2.05) is 49.4 Å². The summed E-state index contributed by atoms with van der Waals surface area (Å²) in [5.74, 6) is 0.563. The zero-order valence-electron chi connectivity index (χ0n) is 19.5. The Morgan fingerprint density at radius 2 is 1.83 bits per heavy atom. The number of nitrogens with zero attached hydrogens (tertiary/aromatic N) is 2. The molecule has 0 spiro atoms. The van der Waals surface area contributed by atoms with Crippen molar-refractivity contribution in [3.63, 3.8) is 0 Å². The Kier molecular flexibility index (Phi) is 8.40. The van der Waals surface area contributed by atoms with Crippen LogP contribution in [0.1, 0.15) is 21.7 Å². The summed E-state index contributed by atoms with van der Waals surface area (Å²) in [4.78, 5) is 23.5. The van der Waals surface area contributed by atoms with Crippen molar-refractivity contribution in [3.8, 4) is 0 Å². The molecule has 0 saturated carbocycles. The quantitative estimate of drug-likeness (QED) is 0.277. The molecular formula is C27H28FN5OS. The molecule has 0 radical (unpaired) electrons. The van der Waals surface area contributed by atoms with Gasteiger partial charge in [-0.15, -0.1) is 11.3 Å². The first-order valence-electron chi connectivity index (χ1n) is 11.5. The van der Waals surface area contributed by atoms with Crippen molar-refractivity contribution in [1.82, 2.24) is 15.3 Å². The molecule has 0 saturated heterocycles. The number of halogens is 1. The minimum absolute atomic E-state index is 0.193. The number of carbonyl (C=O) groups is 1. The van der Waals surface area contributed by atoms with Gasteiger partial charge in [-0.25, -0.2) is 9.37 Å². The van der Waals surface area contributed by atoms with Crippen LogP contribution in [0.25, 0.3) is 0 Å². The van der Waals surface area contributed by atoms with Crippen molar-refractivity contribution in [2.75, 3.05) is 17.2 Å². The Bertz CT molecular complexity index is 1230. The van der Waals surface area contributed by atoms with Gasteiger partial charge in [-0.3, -0.25) is 4.79 Å². The molecule has 180 valence electrons. The highest BCUT2D eigenvalue weighted by Gasteiger charge is 2.20. The largest absolute Gasteiger partial charge is 0.358 e. The second-order valence-electron chi connectivity index (χ2n) is 8.21. The fourth-order valence-electron chi connectivity index (χ4n) is 3.67. The van der Waals surface area contributed by atoms with Crippen LogP contribution in [0.15, 0.2) is 78.2 Å². The fraction of sp³-hybridized carbons (Fsp3) is 0.222. The smallest absolute Gasteiger partial charge is 0.243 e. The lowest BCUT2D eigenvalue weighted by molar-refractivity contribution is -0.122. The maximum atomic E-state index is 13.5. The van der Waals surface area contributed by atoms with Crippen LogP contribution in [0.5, 0.6) is 0 Å². The molecule has 0 unspecified atom stereocenters. The number of rotatable bonds is 11. The molecule has 4 aromatic rings. The first kappa shape index (κ1) is 24.3. The predicted molar refractivity (Wildman–Crippen MR) is 139 cm³/mol. The van der Waals surface area contributed by atoms with E-state index in [0.717, 1.165) is 17.7 Å². The Balaban J connectivity index is 1.45. The maximum absolute atomic E-state index is 13.5. The van der Waals surface area contributed by atoms with E-state index in [1.54, 1.807) is 23.5 Å². The zero-order valence-corrected chi connectivity index (χ0v) is 20.3. The second-order valence-corrected chi connectivity index (χ2v) is 9.24. The Morgan fingerprint density at radius 1 is 1.00 bits per heavy atom. The lowest BCUT2D eigenvalue weighted by atomic mass is 10.0. The van der Waals surface area contributed by atoms with E-state index in [2.05, 4.69) is 37.4 Å². The number of hydrogen-bond acceptors (Lipinski definition) is 6. The van der Waals surface area contributed by atoms with Crippen LogP contribution in [-0.4, -0.2) is 28.5 Å². The Labute approximate surface area is 208 Å². The van der Waals surface area contributed by atoms with Gasteiger partial charge in [0, 0.05) is 36.1 Å². The summed E-state index contributed by atoms with van der Waals surface area (Å²) in [7, 11) is 0. The molecule has 2 aromatic heterocycles. The number of aromatic nitrogens is 2. The van der Waals surface area contributed by atoms with Crippen molar-refractivity contribution in [1.29, 1.82) is 0 Å². The summed E-state index contributed by atoms with van der Waals surface area (Å²) in [6, 6.07) is 21.4. The highest BCUT2D eigenvalue weighted by Crippen LogP contribution is 2.15. The number of nitrogens with one attached hydrogen (secondary N) is 3. The van der Waals surface area contributed by atoms with Gasteiger partial charge in [0.1, 0.15) is 17.7 Å². The van der Waals surface area contributed by atoms with Gasteiger partial charge in [0.05, 0.1) is 0 Å². The first-order chi connectivity index (χ1) is 17.0. The van der Waals surface area contributed by atoms with E-state index >= 15 is 0 Å². The van der Waals surface area contributed by atoms with Gasteiger partial charge in [-0.05, 0) is 48.1 Å². The van der Waals surface area contributed by atoms with E-state index in [4.69, 9.17) is 0 Å². The fourth-order valence-corrected chi connectivity index (χ4v) is 4.38. The van der Waals surface area contributed by atoms with Gasteiger partial charge in [0.2, 0.25) is 11.9 Å². The summed E-state index contributed by atoms with van der Waals surface area (Å²) in [5.41, 5.74) is 2.51. The van der Waals surface area contributed by atoms with Crippen molar-refractivity contribution in [3.05, 3.63) is 106 Å². The van der Waals surface area contributed by atoms with Gasteiger partial charge in [0.25, 0.3) is 0 Å². The third-order valence-electron chi connectivity index (χ3n) is 5.37. The summed E-state index contributed by atoms with van der Waals surface area (Å²) >= 11 is 1.72. The van der Waals surface area contributed by atoms with Gasteiger partial charge in [-0.2, -0.15) is 4.98 Å². The van der Waals surface area contributed by atoms with Crippen LogP contribution in [0.4, 0.5) is 16.2 Å². The Hall–Kier alpha value is -3.78. The van der Waals surface area contributed by atoms with E-state index in [1.165, 1.54) is 17.0 Å². The molecule has 35 heavy (non-hydrogen) atoms. The standard InChI is InChI=1S/C27H28FN5OS/c1-19-15-25(33-27(31-19)29-13-12-23-11-6-14-35-23)32-24(17-20-7-3-2-4-8-20)26(34)30-18-21-9-5-10-22(28)16-21/h2-11,14-16,24H,12-13,17-18H2,1H3,(H,30,34)(H2,29,31,32,33)/t24-/m0/s1. The summed E-state index contributed by atoms with van der Waals surface area (Å²) in [5, 5.41) is 11.5. The van der Waals surface area contributed by atoms with Crippen LogP contribution in [-0.2, 0) is 24.2 Å². The van der Waals surface area contributed by atoms with Crippen molar-refractivity contribution in [2.24, 2.45) is 0 Å². The number of carbonyl (C=O) groups excluding carboxylic acids is 1. The van der Waals surface area contributed by atoms with Crippen LogP contribution in [0.2, 0.25) is 0 Å². The monoisotopic (exact) mass is 489 g/mol. The highest BCUT2D eigenvalue weighted by atomic mass is 32.1. The molecule has 2 aromatic carbocycles. The van der Waals surface area contributed by atoms with Gasteiger partial charge >= 0.3 is 0 Å².